The molecule has 0 aliphatic carbocycles. The number of nitrogens with zero attached hydrogens (tertiary/aromatic N) is 2. The van der Waals surface area contributed by atoms with Gasteiger partial charge in [-0.3, -0.25) is 9.89 Å². The van der Waals surface area contributed by atoms with Crippen molar-refractivity contribution in [3.05, 3.63) is 41.1 Å². The third kappa shape index (κ3) is 2.08. The number of fused-ring (bicyclic) bond motifs is 1. The fourth-order valence-corrected chi connectivity index (χ4v) is 2.56. The molecule has 1 aliphatic heterocycles. The molecule has 2 aromatic rings. The number of aromatic nitrogens is 2. The molecule has 1 N–H and O–H groups in total. The van der Waals surface area contributed by atoms with Crippen molar-refractivity contribution in [1.82, 2.24) is 15.1 Å². The van der Waals surface area contributed by atoms with E-state index in [0.717, 1.165) is 41.0 Å². The molecule has 1 amide bonds. The molecule has 1 aromatic heterocycles. The van der Waals surface area contributed by atoms with Crippen LogP contribution in [0.2, 0.25) is 0 Å². The van der Waals surface area contributed by atoms with Gasteiger partial charge in [-0.05, 0) is 12.1 Å². The number of aromatic amines is 1. The highest BCUT2D eigenvalue weighted by Gasteiger charge is 2.23. The smallest absolute Gasteiger partial charge is 0.219 e. The molecule has 0 saturated carbocycles. The number of carbonyl (C=O) groups is 1. The van der Waals surface area contributed by atoms with Gasteiger partial charge in [0.2, 0.25) is 5.91 Å². The van der Waals surface area contributed by atoms with Gasteiger partial charge in [-0.2, -0.15) is 5.10 Å². The Labute approximate surface area is 117 Å². The molecule has 0 spiro atoms. The highest BCUT2D eigenvalue weighted by Crippen LogP contribution is 2.28. The minimum Gasteiger partial charge on any atom is -0.338 e. The quantitative estimate of drug-likeness (QED) is 0.801. The zero-order valence-electron chi connectivity index (χ0n) is 11.3. The Morgan fingerprint density at radius 2 is 2.35 bits per heavy atom. The number of hydrogen-bond acceptors (Lipinski definition) is 2. The van der Waals surface area contributed by atoms with Gasteiger partial charge in [-0.15, -0.1) is 6.42 Å². The number of carbonyl (C=O) groups excluding carboxylic acids is 1. The maximum Gasteiger partial charge on any atom is 0.219 e. The average Bonchev–Trinajstić information content (AvgIpc) is 2.90. The van der Waals surface area contributed by atoms with Crippen LogP contribution in [-0.2, 0) is 17.8 Å². The Balaban J connectivity index is 2.02. The molecule has 0 saturated heterocycles. The summed E-state index contributed by atoms with van der Waals surface area (Å²) >= 11 is 0. The molecule has 4 nitrogen and oxygen atoms in total. The van der Waals surface area contributed by atoms with E-state index in [1.807, 2.05) is 29.2 Å². The van der Waals surface area contributed by atoms with Crippen LogP contribution < -0.4 is 0 Å². The van der Waals surface area contributed by atoms with Crippen molar-refractivity contribution in [3.63, 3.8) is 0 Å². The van der Waals surface area contributed by atoms with E-state index in [0.29, 0.717) is 6.54 Å². The van der Waals surface area contributed by atoms with Gasteiger partial charge in [0.25, 0.3) is 0 Å². The average molecular weight is 265 g/mol. The first-order chi connectivity index (χ1) is 9.69. The molecule has 100 valence electrons. The first-order valence-electron chi connectivity index (χ1n) is 6.57. The summed E-state index contributed by atoms with van der Waals surface area (Å²) in [6.45, 7) is 2.95. The van der Waals surface area contributed by atoms with Crippen LogP contribution in [0.3, 0.4) is 0 Å². The summed E-state index contributed by atoms with van der Waals surface area (Å²) in [5.41, 5.74) is 4.93. The number of amides is 1. The fraction of sp³-hybridized carbons (Fsp3) is 0.250. The van der Waals surface area contributed by atoms with Crippen LogP contribution in [0.1, 0.15) is 23.7 Å². The first kappa shape index (κ1) is 12.5. The van der Waals surface area contributed by atoms with Gasteiger partial charge in [0.05, 0.1) is 5.69 Å². The van der Waals surface area contributed by atoms with Crippen molar-refractivity contribution in [2.24, 2.45) is 0 Å². The Morgan fingerprint density at radius 3 is 3.10 bits per heavy atom. The number of hydrogen-bond donors (Lipinski definition) is 1. The molecule has 1 aromatic carbocycles. The Kier molecular flexibility index (Phi) is 3.03. The fourth-order valence-electron chi connectivity index (χ4n) is 2.56. The van der Waals surface area contributed by atoms with Crippen molar-refractivity contribution in [3.8, 4) is 23.6 Å². The molecule has 0 unspecified atom stereocenters. The predicted octanol–water partition coefficient (Wildman–Crippen LogP) is 1.96. The van der Waals surface area contributed by atoms with Crippen molar-refractivity contribution < 1.29 is 4.79 Å². The van der Waals surface area contributed by atoms with Gasteiger partial charge in [-0.25, -0.2) is 0 Å². The normalized spacial score (nSPS) is 13.7. The summed E-state index contributed by atoms with van der Waals surface area (Å²) in [7, 11) is 0. The van der Waals surface area contributed by atoms with Gasteiger partial charge >= 0.3 is 0 Å². The molecular weight excluding hydrogens is 250 g/mol. The zero-order valence-corrected chi connectivity index (χ0v) is 11.3. The highest BCUT2D eigenvalue weighted by atomic mass is 16.2. The van der Waals surface area contributed by atoms with E-state index in [9.17, 15) is 4.79 Å². The summed E-state index contributed by atoms with van der Waals surface area (Å²) in [5, 5.41) is 7.49. The second-order valence-electron chi connectivity index (χ2n) is 4.95. The van der Waals surface area contributed by atoms with Gasteiger partial charge in [0, 0.05) is 48.8 Å². The van der Waals surface area contributed by atoms with E-state index < -0.39 is 0 Å². The Morgan fingerprint density at radius 1 is 1.50 bits per heavy atom. The number of H-pyrrole nitrogens is 1. The molecular formula is C16H15N3O. The zero-order chi connectivity index (χ0) is 14.1. The topological polar surface area (TPSA) is 49.0 Å². The first-order valence-corrected chi connectivity index (χ1v) is 6.57. The minimum absolute atomic E-state index is 0.0974. The molecule has 0 fully saturated rings. The Bertz CT molecular complexity index is 709. The van der Waals surface area contributed by atoms with Crippen LogP contribution in [0.4, 0.5) is 0 Å². The molecule has 20 heavy (non-hydrogen) atoms. The molecule has 0 bridgehead atoms. The van der Waals surface area contributed by atoms with Crippen LogP contribution in [0.15, 0.2) is 24.3 Å². The van der Waals surface area contributed by atoms with Crippen molar-refractivity contribution in [2.75, 3.05) is 6.54 Å². The second-order valence-corrected chi connectivity index (χ2v) is 4.95. The number of benzene rings is 1. The lowest BCUT2D eigenvalue weighted by Gasteiger charge is -2.25. The third-order valence-corrected chi connectivity index (χ3v) is 3.68. The van der Waals surface area contributed by atoms with Crippen LogP contribution in [0.25, 0.3) is 11.3 Å². The minimum atomic E-state index is 0.0974. The SMILES string of the molecule is C#Cc1cccc(-c2n[nH]c3c2CN(C(C)=O)CC3)c1. The maximum atomic E-state index is 11.5. The lowest BCUT2D eigenvalue weighted by Crippen LogP contribution is -2.34. The van der Waals surface area contributed by atoms with E-state index in [2.05, 4.69) is 16.1 Å². The van der Waals surface area contributed by atoms with E-state index in [1.54, 1.807) is 6.92 Å². The van der Waals surface area contributed by atoms with Crippen LogP contribution in [0, 0.1) is 12.3 Å². The summed E-state index contributed by atoms with van der Waals surface area (Å²) in [5.74, 6) is 2.73. The third-order valence-electron chi connectivity index (χ3n) is 3.68. The van der Waals surface area contributed by atoms with Gasteiger partial charge in [-0.1, -0.05) is 18.1 Å². The van der Waals surface area contributed by atoms with Gasteiger partial charge in [0.15, 0.2) is 0 Å². The summed E-state index contributed by atoms with van der Waals surface area (Å²) in [6.07, 6.45) is 6.26. The van der Waals surface area contributed by atoms with Crippen molar-refractivity contribution in [2.45, 2.75) is 19.9 Å². The largest absolute Gasteiger partial charge is 0.338 e. The lowest BCUT2D eigenvalue weighted by atomic mass is 10.00. The van der Waals surface area contributed by atoms with Gasteiger partial charge < -0.3 is 4.90 Å². The molecule has 0 radical (unpaired) electrons. The van der Waals surface area contributed by atoms with Gasteiger partial charge in [0.1, 0.15) is 0 Å². The number of nitrogens with one attached hydrogen (secondary N) is 1. The second kappa shape index (κ2) is 4.86. The predicted molar refractivity (Wildman–Crippen MR) is 76.8 cm³/mol. The standard InChI is InChI=1S/C16H15N3O/c1-3-12-5-4-6-13(9-12)16-14-10-19(11(2)20)8-7-15(14)17-18-16/h1,4-6,9H,7-8,10H2,2H3,(H,17,18). The monoisotopic (exact) mass is 265 g/mol. The van der Waals surface area contributed by atoms with E-state index in [1.165, 1.54) is 0 Å². The molecule has 1 aliphatic rings. The summed E-state index contributed by atoms with van der Waals surface area (Å²) < 4.78 is 0. The van der Waals surface area contributed by atoms with Crippen LogP contribution >= 0.6 is 0 Å². The van der Waals surface area contributed by atoms with Crippen molar-refractivity contribution >= 4 is 5.91 Å². The summed E-state index contributed by atoms with van der Waals surface area (Å²) in [6, 6.07) is 7.76. The lowest BCUT2D eigenvalue weighted by molar-refractivity contribution is -0.129. The van der Waals surface area contributed by atoms with Crippen molar-refractivity contribution in [1.29, 1.82) is 0 Å². The number of terminal acetylenes is 1. The van der Waals surface area contributed by atoms with E-state index in [-0.39, 0.29) is 5.91 Å². The van der Waals surface area contributed by atoms with E-state index >= 15 is 0 Å². The van der Waals surface area contributed by atoms with E-state index in [4.69, 9.17) is 6.42 Å². The molecule has 0 atom stereocenters. The highest BCUT2D eigenvalue weighted by molar-refractivity contribution is 5.74. The molecule has 3 rings (SSSR count). The molecule has 4 heteroatoms. The summed E-state index contributed by atoms with van der Waals surface area (Å²) in [4.78, 5) is 13.4. The van der Waals surface area contributed by atoms with Crippen LogP contribution in [0.5, 0.6) is 0 Å². The Hall–Kier alpha value is -2.54. The maximum absolute atomic E-state index is 11.5. The molecule has 2 heterocycles. The van der Waals surface area contributed by atoms with Crippen LogP contribution in [-0.4, -0.2) is 27.5 Å². The number of rotatable bonds is 1.